The molecule has 0 unspecified atom stereocenters. The third kappa shape index (κ3) is 6.42. The predicted molar refractivity (Wildman–Crippen MR) is 216 cm³/mol. The SMILES string of the molecule is [Pt+4].[c-]1c(Oc2[c-]c(-n3[c-][n+](-c4ccccc4-c4ccccc4)c4ccccc43)ccc2)cccc1-n1[c-][n+](-c2ccccc2-c2ccccc2)c2ccccc21. The van der Waals surface area contributed by atoms with Crippen molar-refractivity contribution in [2.45, 2.75) is 0 Å². The summed E-state index contributed by atoms with van der Waals surface area (Å²) in [5, 5.41) is 0. The molecule has 0 amide bonds. The quantitative estimate of drug-likeness (QED) is 0.110. The number of fused-ring (bicyclic) bond motifs is 2. The van der Waals surface area contributed by atoms with E-state index >= 15 is 0 Å². The smallest absolute Gasteiger partial charge is 0.510 e. The minimum atomic E-state index is 0. The Morgan fingerprint density at radius 2 is 0.768 bits per heavy atom. The molecule has 5 nitrogen and oxygen atoms in total. The van der Waals surface area contributed by atoms with Crippen molar-refractivity contribution >= 4 is 22.1 Å². The second kappa shape index (κ2) is 15.1. The van der Waals surface area contributed by atoms with Crippen LogP contribution in [-0.4, -0.2) is 9.13 Å². The van der Waals surface area contributed by atoms with Crippen molar-refractivity contribution in [2.75, 3.05) is 0 Å². The van der Waals surface area contributed by atoms with Crippen molar-refractivity contribution in [3.05, 3.63) is 219 Å². The fraction of sp³-hybridized carbons (Fsp3) is 0. The first kappa shape index (κ1) is 34.9. The summed E-state index contributed by atoms with van der Waals surface area (Å²) >= 11 is 0. The number of hydrogen-bond acceptors (Lipinski definition) is 1. The summed E-state index contributed by atoms with van der Waals surface area (Å²) in [6.07, 6.45) is 7.26. The van der Waals surface area contributed by atoms with E-state index in [0.717, 1.165) is 67.1 Å². The van der Waals surface area contributed by atoms with E-state index in [4.69, 9.17) is 4.74 Å². The van der Waals surface area contributed by atoms with E-state index < -0.39 is 0 Å². The Morgan fingerprint density at radius 3 is 1.23 bits per heavy atom. The topological polar surface area (TPSA) is 26.8 Å². The molecule has 0 N–H and O–H groups in total. The molecular weight excluding hydrogens is 868 g/mol. The molecule has 0 radical (unpaired) electrons. The van der Waals surface area contributed by atoms with E-state index in [-0.39, 0.29) is 21.1 Å². The number of ether oxygens (including phenoxy) is 1. The molecule has 0 saturated carbocycles. The molecule has 266 valence electrons. The molecule has 0 aliphatic rings. The van der Waals surface area contributed by atoms with Gasteiger partial charge in [-0.2, -0.15) is 24.3 Å². The van der Waals surface area contributed by atoms with Gasteiger partial charge in [-0.05, 0) is 45.8 Å². The van der Waals surface area contributed by atoms with E-state index in [1.165, 1.54) is 0 Å². The Morgan fingerprint density at radius 1 is 0.375 bits per heavy atom. The Labute approximate surface area is 339 Å². The average Bonchev–Trinajstić information content (AvgIpc) is 3.84. The van der Waals surface area contributed by atoms with E-state index in [2.05, 4.69) is 167 Å². The van der Waals surface area contributed by atoms with Gasteiger partial charge in [-0.1, -0.05) is 146 Å². The largest absolute Gasteiger partial charge is 4.00 e. The number of aromatic nitrogens is 4. The van der Waals surface area contributed by atoms with E-state index in [1.807, 2.05) is 69.8 Å². The summed E-state index contributed by atoms with van der Waals surface area (Å²) < 4.78 is 14.8. The molecule has 0 aliphatic carbocycles. The van der Waals surface area contributed by atoms with Crippen LogP contribution in [0.2, 0.25) is 0 Å². The van der Waals surface area contributed by atoms with Gasteiger partial charge in [0.1, 0.15) is 0 Å². The summed E-state index contributed by atoms with van der Waals surface area (Å²) in [5.41, 5.74) is 12.3. The third-order valence-corrected chi connectivity index (χ3v) is 9.79. The molecule has 0 spiro atoms. The maximum Gasteiger partial charge on any atom is 4.00 e. The van der Waals surface area contributed by atoms with Gasteiger partial charge in [0.15, 0.2) is 0 Å². The van der Waals surface area contributed by atoms with E-state index in [0.29, 0.717) is 11.5 Å². The first-order valence-electron chi connectivity index (χ1n) is 18.2. The maximum atomic E-state index is 6.48. The van der Waals surface area contributed by atoms with E-state index in [1.54, 1.807) is 0 Å². The van der Waals surface area contributed by atoms with Crippen LogP contribution in [0.3, 0.4) is 0 Å². The van der Waals surface area contributed by atoms with Gasteiger partial charge >= 0.3 is 21.1 Å². The van der Waals surface area contributed by atoms with Gasteiger partial charge in [-0.15, -0.1) is 24.3 Å². The molecule has 56 heavy (non-hydrogen) atoms. The number of nitrogens with zero attached hydrogens (tertiary/aromatic N) is 4. The van der Waals surface area contributed by atoms with Gasteiger partial charge in [0, 0.05) is 11.5 Å². The van der Waals surface area contributed by atoms with Crippen molar-refractivity contribution in [3.63, 3.8) is 0 Å². The van der Waals surface area contributed by atoms with Crippen molar-refractivity contribution in [1.29, 1.82) is 0 Å². The zero-order valence-electron chi connectivity index (χ0n) is 30.0. The van der Waals surface area contributed by atoms with Crippen LogP contribution in [0.4, 0.5) is 0 Å². The monoisotopic (exact) mass is 899 g/mol. The minimum absolute atomic E-state index is 0. The number of para-hydroxylation sites is 6. The molecule has 0 bridgehead atoms. The molecule has 2 aromatic heterocycles. The zero-order valence-corrected chi connectivity index (χ0v) is 32.3. The second-order valence-electron chi connectivity index (χ2n) is 13.2. The van der Waals surface area contributed by atoms with Gasteiger partial charge in [-0.25, -0.2) is 0 Å². The summed E-state index contributed by atoms with van der Waals surface area (Å²) in [6.45, 7) is 0. The van der Waals surface area contributed by atoms with Crippen molar-refractivity contribution < 1.29 is 34.9 Å². The molecule has 8 aromatic carbocycles. The van der Waals surface area contributed by atoms with Crippen LogP contribution in [-0.2, 0) is 21.1 Å². The first-order chi connectivity index (χ1) is 27.3. The van der Waals surface area contributed by atoms with Crippen LogP contribution in [0, 0.1) is 24.8 Å². The molecule has 0 atom stereocenters. The minimum Gasteiger partial charge on any atom is -0.510 e. The van der Waals surface area contributed by atoms with Crippen LogP contribution in [0.25, 0.3) is 67.1 Å². The third-order valence-electron chi connectivity index (χ3n) is 9.79. The predicted octanol–water partition coefficient (Wildman–Crippen LogP) is 10.5. The fourth-order valence-electron chi connectivity index (χ4n) is 7.27. The molecule has 0 saturated heterocycles. The molecule has 0 fully saturated rings. The van der Waals surface area contributed by atoms with Crippen molar-refractivity contribution in [3.8, 4) is 56.5 Å². The number of benzene rings is 8. The Bertz CT molecular complexity index is 2770. The van der Waals surface area contributed by atoms with Crippen molar-refractivity contribution in [1.82, 2.24) is 9.13 Å². The summed E-state index contributed by atoms with van der Waals surface area (Å²) in [6, 6.07) is 73.3. The molecule has 6 heteroatoms. The average molecular weight is 900 g/mol. The van der Waals surface area contributed by atoms with Gasteiger partial charge in [0.2, 0.25) is 0 Å². The van der Waals surface area contributed by atoms with Crippen LogP contribution in [0.1, 0.15) is 0 Å². The molecule has 0 aliphatic heterocycles. The van der Waals surface area contributed by atoms with Crippen molar-refractivity contribution in [2.24, 2.45) is 0 Å². The van der Waals surface area contributed by atoms with Gasteiger partial charge in [0.05, 0.1) is 33.4 Å². The Balaban J connectivity index is 0.00000410. The fourth-order valence-corrected chi connectivity index (χ4v) is 7.27. The molecule has 2 heterocycles. The first-order valence-corrected chi connectivity index (χ1v) is 18.2. The summed E-state index contributed by atoms with van der Waals surface area (Å²) in [4.78, 5) is 0. The van der Waals surface area contributed by atoms with Gasteiger partial charge in [-0.3, -0.25) is 9.13 Å². The maximum absolute atomic E-state index is 6.48. The normalized spacial score (nSPS) is 11.1. The van der Waals surface area contributed by atoms with E-state index in [9.17, 15) is 0 Å². The molecule has 10 rings (SSSR count). The standard InChI is InChI=1S/C50H32N4O.Pt/c1-3-17-37(18-4-1)43-25-7-9-27-45(43)53-35-51(47-29-11-13-31-49(47)53)39-21-15-23-41(33-39)55-42-24-16-22-40(34-42)52-36-54(50-32-14-12-30-48(50)52)46-28-10-8-26-44(46)38-19-5-2-6-20-38;/h1-32H;/q-2;+4. The Hall–Kier alpha value is -6.81. The molecular formula is C50H32N4OPt+2. The van der Waals surface area contributed by atoms with Crippen LogP contribution in [0.5, 0.6) is 11.5 Å². The van der Waals surface area contributed by atoms with Crippen LogP contribution in [0.15, 0.2) is 194 Å². The zero-order chi connectivity index (χ0) is 36.6. The number of rotatable bonds is 8. The van der Waals surface area contributed by atoms with Gasteiger partial charge in [0.25, 0.3) is 12.7 Å². The second-order valence-corrected chi connectivity index (χ2v) is 13.2. The number of imidazole rings is 2. The van der Waals surface area contributed by atoms with Crippen LogP contribution < -0.4 is 13.9 Å². The molecule has 10 aromatic rings. The van der Waals surface area contributed by atoms with Crippen LogP contribution >= 0.6 is 0 Å². The summed E-state index contributed by atoms with van der Waals surface area (Å²) in [5.74, 6) is 1.14. The number of hydrogen-bond donors (Lipinski definition) is 0. The van der Waals surface area contributed by atoms with Gasteiger partial charge < -0.3 is 13.9 Å². The Kier molecular flexibility index (Phi) is 9.44. The summed E-state index contributed by atoms with van der Waals surface area (Å²) in [7, 11) is 0.